The van der Waals surface area contributed by atoms with Gasteiger partial charge in [-0.3, -0.25) is 4.79 Å². The molecule has 0 saturated heterocycles. The number of rotatable bonds is 6. The van der Waals surface area contributed by atoms with E-state index in [4.69, 9.17) is 10.1 Å². The molecule has 4 heterocycles. The summed E-state index contributed by atoms with van der Waals surface area (Å²) in [7, 11) is 0. The van der Waals surface area contributed by atoms with Crippen molar-refractivity contribution in [2.24, 2.45) is 5.10 Å². The standard InChI is InChI=1S/C23H20N4OS3/c1-15-19(25-17-7-3-2-6-16(17)24-15)13-29-14-23(28)27-20(22-9-5-11-31-22)12-18(26-27)21-8-4-10-30-21/h2-11,20H,12-14H2,1H3/t20-/m1/s1. The molecule has 0 fully saturated rings. The van der Waals surface area contributed by atoms with E-state index in [1.165, 1.54) is 4.88 Å². The van der Waals surface area contributed by atoms with E-state index in [-0.39, 0.29) is 11.9 Å². The molecule has 8 heteroatoms. The molecule has 0 saturated carbocycles. The number of thiophene rings is 2. The van der Waals surface area contributed by atoms with Gasteiger partial charge >= 0.3 is 0 Å². The molecule has 0 spiro atoms. The van der Waals surface area contributed by atoms with Crippen molar-refractivity contribution in [2.75, 3.05) is 5.75 Å². The molecule has 1 aliphatic rings. The largest absolute Gasteiger partial charge is 0.272 e. The second-order valence-electron chi connectivity index (χ2n) is 7.23. The molecule has 3 aromatic heterocycles. The fourth-order valence-corrected chi connectivity index (χ4v) is 6.01. The van der Waals surface area contributed by atoms with E-state index in [0.29, 0.717) is 11.5 Å². The normalized spacial score (nSPS) is 16.1. The lowest BCUT2D eigenvalue weighted by Crippen LogP contribution is -2.28. The number of carbonyl (C=O) groups excluding carboxylic acids is 1. The van der Waals surface area contributed by atoms with Crippen LogP contribution in [0.1, 0.15) is 33.6 Å². The molecule has 0 N–H and O–H groups in total. The highest BCUT2D eigenvalue weighted by Crippen LogP contribution is 2.36. The van der Waals surface area contributed by atoms with E-state index in [9.17, 15) is 4.79 Å². The van der Waals surface area contributed by atoms with Gasteiger partial charge in [0.15, 0.2) is 0 Å². The van der Waals surface area contributed by atoms with Gasteiger partial charge in [0.05, 0.1) is 44.8 Å². The number of aryl methyl sites for hydroxylation is 1. The summed E-state index contributed by atoms with van der Waals surface area (Å²) in [4.78, 5) is 24.8. The number of para-hydroxylation sites is 2. The van der Waals surface area contributed by atoms with E-state index in [2.05, 4.69) is 22.5 Å². The van der Waals surface area contributed by atoms with Crippen molar-refractivity contribution < 1.29 is 4.79 Å². The molecule has 0 aliphatic carbocycles. The van der Waals surface area contributed by atoms with Gasteiger partial charge in [-0.1, -0.05) is 24.3 Å². The van der Waals surface area contributed by atoms with Crippen molar-refractivity contribution in [3.63, 3.8) is 0 Å². The average molecular weight is 465 g/mol. The summed E-state index contributed by atoms with van der Waals surface area (Å²) in [6.07, 6.45) is 0.757. The highest BCUT2D eigenvalue weighted by molar-refractivity contribution is 7.99. The molecular weight excluding hydrogens is 444 g/mol. The van der Waals surface area contributed by atoms with Crippen molar-refractivity contribution in [1.29, 1.82) is 0 Å². The van der Waals surface area contributed by atoms with Crippen LogP contribution in [0.3, 0.4) is 0 Å². The average Bonchev–Trinajstić information content (AvgIpc) is 3.54. The number of nitrogens with zero attached hydrogens (tertiary/aromatic N) is 4. The Hall–Kier alpha value is -2.55. The van der Waals surface area contributed by atoms with Crippen LogP contribution in [0.25, 0.3) is 11.0 Å². The molecule has 0 unspecified atom stereocenters. The fourth-order valence-electron chi connectivity index (χ4n) is 3.60. The van der Waals surface area contributed by atoms with E-state index < -0.39 is 0 Å². The van der Waals surface area contributed by atoms with Gasteiger partial charge in [0, 0.05) is 17.1 Å². The molecule has 1 atom stereocenters. The first-order valence-corrected chi connectivity index (χ1v) is 12.9. The summed E-state index contributed by atoms with van der Waals surface area (Å²) in [5.74, 6) is 1.03. The zero-order chi connectivity index (χ0) is 21.2. The molecule has 0 bridgehead atoms. The van der Waals surface area contributed by atoms with Crippen molar-refractivity contribution in [1.82, 2.24) is 15.0 Å². The third-order valence-electron chi connectivity index (χ3n) is 5.15. The van der Waals surface area contributed by atoms with Crippen LogP contribution in [0.4, 0.5) is 0 Å². The maximum absolute atomic E-state index is 13.1. The third kappa shape index (κ3) is 4.28. The third-order valence-corrected chi connectivity index (χ3v) is 7.97. The minimum absolute atomic E-state index is 0.0209. The predicted molar refractivity (Wildman–Crippen MR) is 130 cm³/mol. The zero-order valence-electron chi connectivity index (χ0n) is 16.9. The van der Waals surface area contributed by atoms with Gasteiger partial charge in [-0.15, -0.1) is 34.4 Å². The molecule has 31 heavy (non-hydrogen) atoms. The molecule has 1 amide bonds. The Kier molecular flexibility index (Phi) is 5.85. The number of benzene rings is 1. The Morgan fingerprint density at radius 3 is 2.58 bits per heavy atom. The van der Waals surface area contributed by atoms with E-state index in [1.807, 2.05) is 48.7 Å². The minimum atomic E-state index is -0.0209. The van der Waals surface area contributed by atoms with Crippen molar-refractivity contribution in [2.45, 2.75) is 25.1 Å². The lowest BCUT2D eigenvalue weighted by molar-refractivity contribution is -0.130. The maximum atomic E-state index is 13.1. The molecule has 0 radical (unpaired) electrons. The summed E-state index contributed by atoms with van der Waals surface area (Å²) in [5.41, 5.74) is 4.61. The van der Waals surface area contributed by atoms with Crippen LogP contribution in [0, 0.1) is 6.92 Å². The van der Waals surface area contributed by atoms with Crippen molar-refractivity contribution in [3.05, 3.63) is 80.4 Å². The van der Waals surface area contributed by atoms with Crippen LogP contribution in [-0.2, 0) is 10.5 Å². The van der Waals surface area contributed by atoms with Crippen LogP contribution in [0.5, 0.6) is 0 Å². The Labute approximate surface area is 192 Å². The van der Waals surface area contributed by atoms with E-state index in [1.54, 1.807) is 39.4 Å². The minimum Gasteiger partial charge on any atom is -0.272 e. The molecule has 1 aromatic carbocycles. The van der Waals surface area contributed by atoms with Crippen LogP contribution in [-0.4, -0.2) is 32.3 Å². The number of fused-ring (bicyclic) bond motifs is 1. The molecule has 5 rings (SSSR count). The van der Waals surface area contributed by atoms with Crippen molar-refractivity contribution in [3.8, 4) is 0 Å². The van der Waals surface area contributed by atoms with Gasteiger partial charge in [0.25, 0.3) is 5.91 Å². The Bertz CT molecular complexity index is 1240. The summed E-state index contributed by atoms with van der Waals surface area (Å²) in [6, 6.07) is 16.1. The first kappa shape index (κ1) is 20.4. The highest BCUT2D eigenvalue weighted by atomic mass is 32.2. The Morgan fingerprint density at radius 2 is 1.84 bits per heavy atom. The van der Waals surface area contributed by atoms with Crippen LogP contribution < -0.4 is 0 Å². The van der Waals surface area contributed by atoms with Gasteiger partial charge in [-0.05, 0) is 41.9 Å². The second kappa shape index (κ2) is 8.90. The van der Waals surface area contributed by atoms with Gasteiger partial charge in [-0.2, -0.15) is 5.10 Å². The number of amides is 1. The van der Waals surface area contributed by atoms with Crippen LogP contribution >= 0.6 is 34.4 Å². The fraction of sp³-hybridized carbons (Fsp3) is 0.217. The number of thioether (sulfide) groups is 1. The predicted octanol–water partition coefficient (Wildman–Crippen LogP) is 5.67. The topological polar surface area (TPSA) is 58.5 Å². The summed E-state index contributed by atoms with van der Waals surface area (Å²) in [6.45, 7) is 1.97. The number of carbonyl (C=O) groups is 1. The Morgan fingerprint density at radius 1 is 1.06 bits per heavy atom. The van der Waals surface area contributed by atoms with E-state index >= 15 is 0 Å². The van der Waals surface area contributed by atoms with Crippen LogP contribution in [0.15, 0.2) is 64.4 Å². The van der Waals surface area contributed by atoms with Gasteiger partial charge in [-0.25, -0.2) is 15.0 Å². The first-order chi connectivity index (χ1) is 15.2. The molecule has 156 valence electrons. The summed E-state index contributed by atoms with van der Waals surface area (Å²) < 4.78 is 0. The van der Waals surface area contributed by atoms with Crippen LogP contribution in [0.2, 0.25) is 0 Å². The monoisotopic (exact) mass is 464 g/mol. The molecule has 5 nitrogen and oxygen atoms in total. The van der Waals surface area contributed by atoms with Gasteiger partial charge in [0.1, 0.15) is 0 Å². The number of hydrazone groups is 1. The molecular formula is C23H20N4OS3. The summed E-state index contributed by atoms with van der Waals surface area (Å²) in [5, 5.41) is 10.5. The van der Waals surface area contributed by atoms with Gasteiger partial charge < -0.3 is 0 Å². The molecule has 1 aliphatic heterocycles. The second-order valence-corrected chi connectivity index (χ2v) is 10.1. The lowest BCUT2D eigenvalue weighted by atomic mass is 10.1. The quantitative estimate of drug-likeness (QED) is 0.369. The number of hydrogen-bond donors (Lipinski definition) is 0. The number of hydrogen-bond acceptors (Lipinski definition) is 7. The Balaban J connectivity index is 1.30. The summed E-state index contributed by atoms with van der Waals surface area (Å²) >= 11 is 4.91. The lowest BCUT2D eigenvalue weighted by Gasteiger charge is -2.20. The number of aromatic nitrogens is 2. The zero-order valence-corrected chi connectivity index (χ0v) is 19.3. The smallest absolute Gasteiger partial charge is 0.253 e. The highest BCUT2D eigenvalue weighted by Gasteiger charge is 2.33. The van der Waals surface area contributed by atoms with E-state index in [0.717, 1.165) is 39.4 Å². The molecule has 4 aromatic rings. The van der Waals surface area contributed by atoms with Gasteiger partial charge in [0.2, 0.25) is 0 Å². The SMILES string of the molecule is Cc1nc2ccccc2nc1CSCC(=O)N1N=C(c2cccs2)C[C@@H]1c1cccs1. The van der Waals surface area contributed by atoms with Crippen molar-refractivity contribution >= 4 is 57.1 Å². The first-order valence-electron chi connectivity index (χ1n) is 9.96. The maximum Gasteiger partial charge on any atom is 0.253 e.